The Balaban J connectivity index is 0.00000132. The summed E-state index contributed by atoms with van der Waals surface area (Å²) in [7, 11) is 0. The predicted octanol–water partition coefficient (Wildman–Crippen LogP) is 3.90. The molecule has 1 atom stereocenters. The third kappa shape index (κ3) is 4.80. The molecule has 0 aliphatic carbocycles. The highest BCUT2D eigenvalue weighted by Gasteiger charge is 2.27. The molecule has 3 rings (SSSR count). The highest BCUT2D eigenvalue weighted by Crippen LogP contribution is 2.41. The lowest BCUT2D eigenvalue weighted by Crippen LogP contribution is -2.45. The fourth-order valence-corrected chi connectivity index (χ4v) is 3.38. The Labute approximate surface area is 155 Å². The zero-order valence-electron chi connectivity index (χ0n) is 13.5. The van der Waals surface area contributed by atoms with E-state index in [-0.39, 0.29) is 31.6 Å². The Morgan fingerprint density at radius 1 is 1.13 bits per heavy atom. The lowest BCUT2D eigenvalue weighted by Gasteiger charge is -2.36. The van der Waals surface area contributed by atoms with Crippen LogP contribution in [0.2, 0.25) is 5.02 Å². The van der Waals surface area contributed by atoms with Crippen LogP contribution < -0.4 is 14.8 Å². The summed E-state index contributed by atoms with van der Waals surface area (Å²) >= 11 is 6.53. The van der Waals surface area contributed by atoms with Crippen molar-refractivity contribution < 1.29 is 9.47 Å². The molecule has 0 unspecified atom stereocenters. The summed E-state index contributed by atoms with van der Waals surface area (Å²) < 4.78 is 10.9. The molecule has 0 saturated carbocycles. The molecule has 1 N–H and O–H groups in total. The first-order valence-corrected chi connectivity index (χ1v) is 8.06. The first kappa shape index (κ1) is 20.7. The predicted molar refractivity (Wildman–Crippen MR) is 98.7 cm³/mol. The average molecular weight is 384 g/mol. The minimum atomic E-state index is 0. The van der Waals surface area contributed by atoms with Gasteiger partial charge in [0.25, 0.3) is 0 Å². The van der Waals surface area contributed by atoms with E-state index >= 15 is 0 Å². The quantitative estimate of drug-likeness (QED) is 0.855. The number of benzene rings is 1. The molecule has 1 aromatic carbocycles. The number of hydrogen-bond acceptors (Lipinski definition) is 4. The topological polar surface area (TPSA) is 33.7 Å². The summed E-state index contributed by atoms with van der Waals surface area (Å²) in [6.45, 7) is 9.00. The van der Waals surface area contributed by atoms with Crippen molar-refractivity contribution in [2.75, 3.05) is 33.0 Å². The van der Waals surface area contributed by atoms with E-state index in [2.05, 4.69) is 30.1 Å². The van der Waals surface area contributed by atoms with Crippen LogP contribution in [0.3, 0.4) is 0 Å². The van der Waals surface area contributed by atoms with Gasteiger partial charge in [-0.25, -0.2) is 0 Å². The van der Waals surface area contributed by atoms with Gasteiger partial charge in [0.05, 0.1) is 0 Å². The van der Waals surface area contributed by atoms with Crippen LogP contribution in [0.4, 0.5) is 0 Å². The van der Waals surface area contributed by atoms with Gasteiger partial charge in [0.2, 0.25) is 6.79 Å². The highest BCUT2D eigenvalue weighted by atomic mass is 35.5. The minimum absolute atomic E-state index is 0. The van der Waals surface area contributed by atoms with E-state index in [0.29, 0.717) is 12.0 Å². The normalized spacial score (nSPS) is 18.3. The zero-order valence-corrected chi connectivity index (χ0v) is 15.9. The summed E-state index contributed by atoms with van der Waals surface area (Å²) in [5.74, 6) is 2.19. The van der Waals surface area contributed by atoms with Crippen LogP contribution in [0.5, 0.6) is 11.5 Å². The van der Waals surface area contributed by atoms with Crippen molar-refractivity contribution in [2.45, 2.75) is 26.3 Å². The molecule has 0 spiro atoms. The maximum absolute atomic E-state index is 6.53. The van der Waals surface area contributed by atoms with Crippen molar-refractivity contribution in [3.8, 4) is 11.5 Å². The van der Waals surface area contributed by atoms with Crippen LogP contribution in [0.15, 0.2) is 12.1 Å². The third-order valence-electron chi connectivity index (χ3n) is 4.14. The molecule has 1 fully saturated rings. The number of fused-ring (bicyclic) bond motifs is 1. The van der Waals surface area contributed by atoms with Crippen LogP contribution in [0.25, 0.3) is 0 Å². The summed E-state index contributed by atoms with van der Waals surface area (Å²) in [4.78, 5) is 2.53. The molecule has 0 amide bonds. The van der Waals surface area contributed by atoms with E-state index in [4.69, 9.17) is 21.1 Å². The van der Waals surface area contributed by atoms with Crippen molar-refractivity contribution in [1.29, 1.82) is 0 Å². The van der Waals surface area contributed by atoms with Crippen LogP contribution in [-0.4, -0.2) is 37.9 Å². The van der Waals surface area contributed by atoms with Gasteiger partial charge in [-0.3, -0.25) is 4.90 Å². The fraction of sp³-hybridized carbons (Fsp3) is 0.625. The van der Waals surface area contributed by atoms with E-state index in [9.17, 15) is 0 Å². The number of nitrogens with zero attached hydrogens (tertiary/aromatic N) is 1. The Hall–Kier alpha value is -0.390. The van der Waals surface area contributed by atoms with Gasteiger partial charge in [0, 0.05) is 43.3 Å². The Bertz CT molecular complexity index is 508. The van der Waals surface area contributed by atoms with Gasteiger partial charge in [0.1, 0.15) is 0 Å². The standard InChI is InChI=1S/C16H23ClN2O2.2ClH/c1-11(2)7-14(19-5-3-18-4-6-19)12-8-15-16(9-13(12)17)21-10-20-15;;/h8-9,11,14,18H,3-7,10H2,1-2H3;2*1H/t14-;;/m0../s1. The second-order valence-electron chi connectivity index (χ2n) is 6.16. The highest BCUT2D eigenvalue weighted by molar-refractivity contribution is 6.31. The van der Waals surface area contributed by atoms with Gasteiger partial charge in [-0.2, -0.15) is 0 Å². The lowest BCUT2D eigenvalue weighted by molar-refractivity contribution is 0.153. The molecule has 4 nitrogen and oxygen atoms in total. The maximum Gasteiger partial charge on any atom is 0.231 e. The number of ether oxygens (including phenoxy) is 2. The molecule has 0 radical (unpaired) electrons. The van der Waals surface area contributed by atoms with Crippen LogP contribution in [0, 0.1) is 5.92 Å². The number of nitrogens with one attached hydrogen (secondary N) is 1. The largest absolute Gasteiger partial charge is 0.454 e. The van der Waals surface area contributed by atoms with E-state index in [1.54, 1.807) is 0 Å². The van der Waals surface area contributed by atoms with Gasteiger partial charge in [0.15, 0.2) is 11.5 Å². The average Bonchev–Trinajstić information content (AvgIpc) is 2.92. The van der Waals surface area contributed by atoms with Crippen molar-refractivity contribution in [1.82, 2.24) is 10.2 Å². The van der Waals surface area contributed by atoms with Crippen LogP contribution in [0.1, 0.15) is 31.9 Å². The first-order chi connectivity index (χ1) is 10.1. The minimum Gasteiger partial charge on any atom is -0.454 e. The number of hydrogen-bond donors (Lipinski definition) is 1. The van der Waals surface area contributed by atoms with Crippen molar-refractivity contribution in [2.24, 2.45) is 5.92 Å². The molecule has 0 aromatic heterocycles. The van der Waals surface area contributed by atoms with Gasteiger partial charge in [-0.05, 0) is 24.0 Å². The smallest absolute Gasteiger partial charge is 0.231 e. The molecular weight excluding hydrogens is 359 g/mol. The van der Waals surface area contributed by atoms with E-state index in [1.165, 1.54) is 0 Å². The molecule has 2 aliphatic rings. The number of halogens is 3. The van der Waals surface area contributed by atoms with Gasteiger partial charge in [-0.15, -0.1) is 24.8 Å². The molecule has 1 aromatic rings. The van der Waals surface area contributed by atoms with Crippen LogP contribution in [-0.2, 0) is 0 Å². The monoisotopic (exact) mass is 382 g/mol. The van der Waals surface area contributed by atoms with Gasteiger partial charge < -0.3 is 14.8 Å². The fourth-order valence-electron chi connectivity index (χ4n) is 3.10. The molecule has 0 bridgehead atoms. The Kier molecular flexibility index (Phi) is 8.25. The maximum atomic E-state index is 6.53. The summed E-state index contributed by atoms with van der Waals surface area (Å²) in [6.07, 6.45) is 1.10. The molecule has 7 heteroatoms. The second kappa shape index (κ2) is 9.19. The molecular formula is C16H25Cl3N2O2. The van der Waals surface area contributed by atoms with E-state index in [0.717, 1.165) is 54.7 Å². The van der Waals surface area contributed by atoms with Gasteiger partial charge in [-0.1, -0.05) is 25.4 Å². The summed E-state index contributed by atoms with van der Waals surface area (Å²) in [5.41, 5.74) is 1.16. The van der Waals surface area contributed by atoms with E-state index in [1.807, 2.05) is 6.07 Å². The van der Waals surface area contributed by atoms with Crippen molar-refractivity contribution in [3.63, 3.8) is 0 Å². The van der Waals surface area contributed by atoms with Gasteiger partial charge >= 0.3 is 0 Å². The van der Waals surface area contributed by atoms with Crippen LogP contribution >= 0.6 is 36.4 Å². The number of piperazine rings is 1. The summed E-state index contributed by atoms with van der Waals surface area (Å²) in [5, 5.41) is 4.19. The summed E-state index contributed by atoms with van der Waals surface area (Å²) in [6, 6.07) is 4.31. The second-order valence-corrected chi connectivity index (χ2v) is 6.57. The lowest BCUT2D eigenvalue weighted by atomic mass is 9.94. The Morgan fingerprint density at radius 3 is 2.35 bits per heavy atom. The Morgan fingerprint density at radius 2 is 1.74 bits per heavy atom. The SMILES string of the molecule is CC(C)C[C@@H](c1cc2c(cc1Cl)OCO2)N1CCNCC1.Cl.Cl. The van der Waals surface area contributed by atoms with Crippen molar-refractivity contribution >= 4 is 36.4 Å². The van der Waals surface area contributed by atoms with E-state index < -0.39 is 0 Å². The van der Waals surface area contributed by atoms with Crippen molar-refractivity contribution in [3.05, 3.63) is 22.7 Å². The third-order valence-corrected chi connectivity index (χ3v) is 4.47. The molecule has 132 valence electrons. The number of rotatable bonds is 4. The molecule has 2 aliphatic heterocycles. The first-order valence-electron chi connectivity index (χ1n) is 7.69. The molecule has 2 heterocycles. The molecule has 23 heavy (non-hydrogen) atoms. The molecule has 1 saturated heterocycles. The zero-order chi connectivity index (χ0) is 14.8.